The van der Waals surface area contributed by atoms with Crippen LogP contribution in [0.1, 0.15) is 37.1 Å². The van der Waals surface area contributed by atoms with Gasteiger partial charge in [0.2, 0.25) is 0 Å². The number of aliphatic imine (C=N–C) groups is 1. The summed E-state index contributed by atoms with van der Waals surface area (Å²) >= 11 is 0. The van der Waals surface area contributed by atoms with Crippen molar-refractivity contribution in [1.82, 2.24) is 20.5 Å². The summed E-state index contributed by atoms with van der Waals surface area (Å²) in [4.78, 5) is 14.0. The molecule has 0 spiro atoms. The summed E-state index contributed by atoms with van der Waals surface area (Å²) in [7, 11) is 5.72. The number of guanidine groups is 1. The largest absolute Gasteiger partial charge is 0.497 e. The van der Waals surface area contributed by atoms with E-state index in [0.717, 1.165) is 49.4 Å². The van der Waals surface area contributed by atoms with Gasteiger partial charge in [-0.2, -0.15) is 0 Å². The van der Waals surface area contributed by atoms with Crippen molar-refractivity contribution in [2.75, 3.05) is 52.3 Å². The van der Waals surface area contributed by atoms with Crippen LogP contribution in [0.25, 0.3) is 0 Å². The van der Waals surface area contributed by atoms with Crippen molar-refractivity contribution >= 4 is 35.8 Å². The zero-order valence-electron chi connectivity index (χ0n) is 19.7. The number of halogens is 1. The number of pyridine rings is 1. The normalized spacial score (nSPS) is 15.1. The lowest BCUT2D eigenvalue weighted by Gasteiger charge is -2.29. The third-order valence-corrected chi connectivity index (χ3v) is 5.52. The molecule has 3 rings (SSSR count). The van der Waals surface area contributed by atoms with E-state index in [2.05, 4.69) is 45.6 Å². The number of benzene rings is 1. The fraction of sp³-hybridized carbons (Fsp3) is 0.500. The molecule has 2 N–H and O–H groups in total. The van der Waals surface area contributed by atoms with E-state index in [4.69, 9.17) is 9.73 Å². The molecule has 1 aliphatic rings. The average molecular weight is 553 g/mol. The van der Waals surface area contributed by atoms with Crippen LogP contribution in [-0.4, -0.2) is 63.2 Å². The minimum absolute atomic E-state index is 0. The first kappa shape index (κ1) is 26.2. The molecular formula is C24H37IN6O. The summed E-state index contributed by atoms with van der Waals surface area (Å²) in [6.07, 6.45) is 2.50. The van der Waals surface area contributed by atoms with Crippen LogP contribution >= 0.6 is 24.0 Å². The molecule has 0 bridgehead atoms. The second-order valence-electron chi connectivity index (χ2n) is 7.99. The number of aromatic nitrogens is 1. The van der Waals surface area contributed by atoms with Gasteiger partial charge in [0.1, 0.15) is 11.6 Å². The number of ether oxygens (including phenoxy) is 1. The van der Waals surface area contributed by atoms with Gasteiger partial charge in [0.15, 0.2) is 5.96 Å². The van der Waals surface area contributed by atoms with E-state index in [1.807, 2.05) is 43.3 Å². The lowest BCUT2D eigenvalue weighted by atomic mass is 10.1. The molecule has 0 amide bonds. The number of methoxy groups -OCH3 is 1. The van der Waals surface area contributed by atoms with Gasteiger partial charge in [-0.15, -0.1) is 24.0 Å². The molecular weight excluding hydrogens is 515 g/mol. The van der Waals surface area contributed by atoms with Crippen LogP contribution in [0.4, 0.5) is 5.82 Å². The Morgan fingerprint density at radius 2 is 1.91 bits per heavy atom. The van der Waals surface area contributed by atoms with Crippen LogP contribution < -0.4 is 20.3 Å². The van der Waals surface area contributed by atoms with Crippen molar-refractivity contribution in [3.63, 3.8) is 0 Å². The highest BCUT2D eigenvalue weighted by molar-refractivity contribution is 14.0. The number of nitrogens with one attached hydrogen (secondary N) is 2. The van der Waals surface area contributed by atoms with E-state index >= 15 is 0 Å². The summed E-state index contributed by atoms with van der Waals surface area (Å²) in [5.74, 6) is 2.65. The maximum absolute atomic E-state index is 5.46. The van der Waals surface area contributed by atoms with Crippen LogP contribution in [0.2, 0.25) is 0 Å². The van der Waals surface area contributed by atoms with Crippen molar-refractivity contribution in [3.05, 3.63) is 53.7 Å². The second kappa shape index (κ2) is 13.5. The lowest BCUT2D eigenvalue weighted by Crippen LogP contribution is -2.42. The number of hydrogen-bond acceptors (Lipinski definition) is 5. The Labute approximate surface area is 209 Å². The first-order valence-electron chi connectivity index (χ1n) is 11.1. The fourth-order valence-corrected chi connectivity index (χ4v) is 3.86. The number of nitrogens with zero attached hydrogens (tertiary/aromatic N) is 4. The van der Waals surface area contributed by atoms with Crippen LogP contribution in [0.3, 0.4) is 0 Å². The Morgan fingerprint density at radius 3 is 2.59 bits per heavy atom. The lowest BCUT2D eigenvalue weighted by molar-refractivity contribution is 0.245. The quantitative estimate of drug-likeness (QED) is 0.281. The molecule has 1 saturated heterocycles. The number of rotatable bonds is 9. The number of hydrogen-bond donors (Lipinski definition) is 2. The summed E-state index contributed by atoms with van der Waals surface area (Å²) in [5, 5.41) is 6.93. The van der Waals surface area contributed by atoms with Gasteiger partial charge in [-0.3, -0.25) is 4.90 Å². The van der Waals surface area contributed by atoms with E-state index in [-0.39, 0.29) is 30.0 Å². The molecule has 2 heterocycles. The minimum Gasteiger partial charge on any atom is -0.497 e. The molecule has 32 heavy (non-hydrogen) atoms. The summed E-state index contributed by atoms with van der Waals surface area (Å²) in [6, 6.07) is 14.7. The predicted molar refractivity (Wildman–Crippen MR) is 143 cm³/mol. The van der Waals surface area contributed by atoms with Gasteiger partial charge in [-0.05, 0) is 62.7 Å². The zero-order valence-corrected chi connectivity index (χ0v) is 22.0. The Balaban J connectivity index is 0.00000363. The Bertz CT molecular complexity index is 854. The molecule has 0 radical (unpaired) electrons. The molecule has 2 aromatic rings. The minimum atomic E-state index is 0. The molecule has 7 nitrogen and oxygen atoms in total. The molecule has 176 valence electrons. The Kier molecular flexibility index (Phi) is 11.0. The second-order valence-corrected chi connectivity index (χ2v) is 7.99. The van der Waals surface area contributed by atoms with Crippen LogP contribution in [0.15, 0.2) is 47.5 Å². The topological polar surface area (TPSA) is 65.0 Å². The van der Waals surface area contributed by atoms with Gasteiger partial charge in [0, 0.05) is 27.2 Å². The molecule has 8 heteroatoms. The van der Waals surface area contributed by atoms with Gasteiger partial charge in [-0.25, -0.2) is 9.98 Å². The Hall–Kier alpha value is -2.07. The van der Waals surface area contributed by atoms with E-state index < -0.39 is 0 Å². The summed E-state index contributed by atoms with van der Waals surface area (Å²) in [6.45, 7) is 6.46. The highest BCUT2D eigenvalue weighted by Crippen LogP contribution is 2.27. The monoisotopic (exact) mass is 552 g/mol. The average Bonchev–Trinajstić information content (AvgIpc) is 3.32. The fourth-order valence-electron chi connectivity index (χ4n) is 3.86. The third-order valence-electron chi connectivity index (χ3n) is 5.52. The molecule has 0 aliphatic carbocycles. The van der Waals surface area contributed by atoms with Crippen molar-refractivity contribution in [2.45, 2.75) is 32.4 Å². The number of anilines is 1. The molecule has 1 unspecified atom stereocenters. The molecule has 1 aliphatic heterocycles. The molecule has 1 atom stereocenters. The molecule has 0 saturated carbocycles. The van der Waals surface area contributed by atoms with Crippen LogP contribution in [0, 0.1) is 0 Å². The van der Waals surface area contributed by atoms with Gasteiger partial charge in [-0.1, -0.05) is 18.2 Å². The van der Waals surface area contributed by atoms with Gasteiger partial charge in [0.25, 0.3) is 0 Å². The predicted octanol–water partition coefficient (Wildman–Crippen LogP) is 3.67. The van der Waals surface area contributed by atoms with E-state index in [0.29, 0.717) is 6.54 Å². The Morgan fingerprint density at radius 1 is 1.16 bits per heavy atom. The standard InChI is InChI=1S/C24H36N6O.HI/c1-5-25-24(26-17-20-11-9-13-23(28-20)29(2)3)27-18-22(30-14-6-7-15-30)19-10-8-12-21(16-19)31-4;/h8-13,16,22H,5-7,14-15,17-18H2,1-4H3,(H2,25,26,27);1H. The van der Waals surface area contributed by atoms with Crippen molar-refractivity contribution in [2.24, 2.45) is 4.99 Å². The number of likely N-dealkylation sites (tertiary alicyclic amines) is 1. The van der Waals surface area contributed by atoms with Gasteiger partial charge < -0.3 is 20.3 Å². The SMILES string of the molecule is CCNC(=NCc1cccc(N(C)C)n1)NCC(c1cccc(OC)c1)N1CCCC1.I. The first-order chi connectivity index (χ1) is 15.1. The first-order valence-corrected chi connectivity index (χ1v) is 11.1. The van der Waals surface area contributed by atoms with Crippen LogP contribution in [-0.2, 0) is 6.54 Å². The third kappa shape index (κ3) is 7.51. The van der Waals surface area contributed by atoms with Crippen LogP contribution in [0.5, 0.6) is 5.75 Å². The summed E-state index contributed by atoms with van der Waals surface area (Å²) < 4.78 is 5.46. The van der Waals surface area contributed by atoms with E-state index in [1.165, 1.54) is 18.4 Å². The highest BCUT2D eigenvalue weighted by atomic mass is 127. The van der Waals surface area contributed by atoms with Gasteiger partial charge in [0.05, 0.1) is 25.4 Å². The molecule has 1 fully saturated rings. The van der Waals surface area contributed by atoms with Crippen molar-refractivity contribution in [3.8, 4) is 5.75 Å². The summed E-state index contributed by atoms with van der Waals surface area (Å²) in [5.41, 5.74) is 2.22. The van der Waals surface area contributed by atoms with Gasteiger partial charge >= 0.3 is 0 Å². The van der Waals surface area contributed by atoms with Crippen molar-refractivity contribution < 1.29 is 4.74 Å². The zero-order chi connectivity index (χ0) is 22.1. The van der Waals surface area contributed by atoms with E-state index in [9.17, 15) is 0 Å². The highest BCUT2D eigenvalue weighted by Gasteiger charge is 2.24. The van der Waals surface area contributed by atoms with E-state index in [1.54, 1.807) is 7.11 Å². The molecule has 1 aromatic carbocycles. The maximum atomic E-state index is 5.46. The molecule has 1 aromatic heterocycles. The maximum Gasteiger partial charge on any atom is 0.191 e. The van der Waals surface area contributed by atoms with Crippen molar-refractivity contribution in [1.29, 1.82) is 0 Å². The smallest absolute Gasteiger partial charge is 0.191 e.